The standard InChI is InChI=1S/C18H29N3/c19-18(16-7-2-1-3-8-16)10-5-11-20-12-6-14-21-13-4-9-17(21)15-20/h1-3,7-8,17-18H,4-6,9-15,19H2. The van der Waals surface area contributed by atoms with Gasteiger partial charge in [-0.3, -0.25) is 4.90 Å². The van der Waals surface area contributed by atoms with Crippen LogP contribution >= 0.6 is 0 Å². The van der Waals surface area contributed by atoms with Crippen molar-refractivity contribution < 1.29 is 0 Å². The van der Waals surface area contributed by atoms with E-state index in [2.05, 4.69) is 40.1 Å². The molecule has 0 aliphatic carbocycles. The third kappa shape index (κ3) is 4.06. The molecule has 0 spiro atoms. The first kappa shape index (κ1) is 15.0. The normalized spacial score (nSPS) is 25.5. The van der Waals surface area contributed by atoms with E-state index in [1.807, 2.05) is 0 Å². The molecule has 0 radical (unpaired) electrons. The molecule has 2 aliphatic heterocycles. The Kier molecular flexibility index (Phi) is 5.28. The van der Waals surface area contributed by atoms with E-state index in [1.165, 1.54) is 64.0 Å². The molecule has 1 aromatic carbocycles. The second kappa shape index (κ2) is 7.39. The maximum atomic E-state index is 6.30. The highest BCUT2D eigenvalue weighted by Gasteiger charge is 2.28. The average Bonchev–Trinajstić information content (AvgIpc) is 2.86. The molecule has 1 aromatic rings. The molecule has 0 saturated carbocycles. The quantitative estimate of drug-likeness (QED) is 0.903. The molecular weight excluding hydrogens is 258 g/mol. The minimum absolute atomic E-state index is 0.196. The van der Waals surface area contributed by atoms with Gasteiger partial charge in [0, 0.05) is 18.6 Å². The maximum Gasteiger partial charge on any atom is 0.0295 e. The van der Waals surface area contributed by atoms with E-state index in [0.29, 0.717) is 0 Å². The highest BCUT2D eigenvalue weighted by molar-refractivity contribution is 5.18. The predicted molar refractivity (Wildman–Crippen MR) is 88.3 cm³/mol. The fraction of sp³-hybridized carbons (Fsp3) is 0.667. The molecule has 0 amide bonds. The summed E-state index contributed by atoms with van der Waals surface area (Å²) in [7, 11) is 0. The molecule has 2 fully saturated rings. The van der Waals surface area contributed by atoms with Crippen LogP contribution in [0.25, 0.3) is 0 Å². The first-order valence-corrected chi connectivity index (χ1v) is 8.60. The molecule has 2 heterocycles. The Morgan fingerprint density at radius 1 is 1.10 bits per heavy atom. The topological polar surface area (TPSA) is 32.5 Å². The van der Waals surface area contributed by atoms with Gasteiger partial charge in [0.1, 0.15) is 0 Å². The summed E-state index contributed by atoms with van der Waals surface area (Å²) in [5, 5.41) is 0. The van der Waals surface area contributed by atoms with E-state index in [9.17, 15) is 0 Å². The van der Waals surface area contributed by atoms with E-state index >= 15 is 0 Å². The lowest BCUT2D eigenvalue weighted by molar-refractivity contribution is 0.217. The Balaban J connectivity index is 1.42. The smallest absolute Gasteiger partial charge is 0.0295 e. The number of benzene rings is 1. The van der Waals surface area contributed by atoms with Crippen molar-refractivity contribution in [2.75, 3.05) is 32.7 Å². The molecule has 0 aromatic heterocycles. The molecule has 2 aliphatic rings. The van der Waals surface area contributed by atoms with Crippen molar-refractivity contribution in [2.45, 2.75) is 44.2 Å². The fourth-order valence-electron chi connectivity index (χ4n) is 3.89. The minimum Gasteiger partial charge on any atom is -0.324 e. The molecule has 3 nitrogen and oxygen atoms in total. The van der Waals surface area contributed by atoms with Crippen LogP contribution in [-0.2, 0) is 0 Å². The zero-order valence-corrected chi connectivity index (χ0v) is 13.1. The van der Waals surface area contributed by atoms with Crippen molar-refractivity contribution in [3.05, 3.63) is 35.9 Å². The van der Waals surface area contributed by atoms with Crippen LogP contribution in [0.15, 0.2) is 30.3 Å². The molecule has 3 rings (SSSR count). The summed E-state index contributed by atoms with van der Waals surface area (Å²) >= 11 is 0. The van der Waals surface area contributed by atoms with Crippen molar-refractivity contribution in [1.82, 2.24) is 9.80 Å². The number of nitrogens with two attached hydrogens (primary N) is 1. The van der Waals surface area contributed by atoms with E-state index in [1.54, 1.807) is 0 Å². The van der Waals surface area contributed by atoms with E-state index in [-0.39, 0.29) is 6.04 Å². The summed E-state index contributed by atoms with van der Waals surface area (Å²) in [5.74, 6) is 0. The monoisotopic (exact) mass is 287 g/mol. The van der Waals surface area contributed by atoms with Crippen molar-refractivity contribution in [3.63, 3.8) is 0 Å². The van der Waals surface area contributed by atoms with Gasteiger partial charge in [-0.2, -0.15) is 0 Å². The lowest BCUT2D eigenvalue weighted by Crippen LogP contribution is -2.37. The van der Waals surface area contributed by atoms with Crippen molar-refractivity contribution in [1.29, 1.82) is 0 Å². The van der Waals surface area contributed by atoms with Gasteiger partial charge in [0.15, 0.2) is 0 Å². The number of nitrogens with zero attached hydrogens (tertiary/aromatic N) is 2. The average molecular weight is 287 g/mol. The fourth-order valence-corrected chi connectivity index (χ4v) is 3.89. The summed E-state index contributed by atoms with van der Waals surface area (Å²) in [6.45, 7) is 6.40. The first-order chi connectivity index (χ1) is 10.3. The third-order valence-corrected chi connectivity index (χ3v) is 5.10. The molecule has 2 N–H and O–H groups in total. The van der Waals surface area contributed by atoms with Crippen LogP contribution in [-0.4, -0.2) is 48.6 Å². The number of hydrogen-bond donors (Lipinski definition) is 1. The highest BCUT2D eigenvalue weighted by atomic mass is 15.3. The Morgan fingerprint density at radius 3 is 2.76 bits per heavy atom. The first-order valence-electron chi connectivity index (χ1n) is 8.60. The maximum absolute atomic E-state index is 6.30. The van der Waals surface area contributed by atoms with Gasteiger partial charge in [-0.15, -0.1) is 0 Å². The van der Waals surface area contributed by atoms with Crippen LogP contribution in [0.4, 0.5) is 0 Å². The van der Waals surface area contributed by atoms with Gasteiger partial charge in [-0.25, -0.2) is 0 Å². The van der Waals surface area contributed by atoms with Crippen molar-refractivity contribution in [2.24, 2.45) is 5.73 Å². The molecule has 3 heteroatoms. The molecule has 0 bridgehead atoms. The van der Waals surface area contributed by atoms with Crippen molar-refractivity contribution in [3.8, 4) is 0 Å². The van der Waals surface area contributed by atoms with E-state index in [0.717, 1.165) is 12.5 Å². The largest absolute Gasteiger partial charge is 0.324 e. The SMILES string of the molecule is NC(CCCN1CCCN2CCCC2C1)c1ccccc1. The Bertz CT molecular complexity index is 420. The summed E-state index contributed by atoms with van der Waals surface area (Å²) in [4.78, 5) is 5.38. The second-order valence-electron chi connectivity index (χ2n) is 6.65. The molecule has 21 heavy (non-hydrogen) atoms. The van der Waals surface area contributed by atoms with Gasteiger partial charge in [0.25, 0.3) is 0 Å². The lowest BCUT2D eigenvalue weighted by atomic mass is 10.0. The van der Waals surface area contributed by atoms with Crippen LogP contribution in [0.1, 0.15) is 43.7 Å². The van der Waals surface area contributed by atoms with E-state index in [4.69, 9.17) is 5.73 Å². The van der Waals surface area contributed by atoms with E-state index < -0.39 is 0 Å². The van der Waals surface area contributed by atoms with Crippen LogP contribution in [0.3, 0.4) is 0 Å². The minimum atomic E-state index is 0.196. The molecule has 2 atom stereocenters. The molecule has 116 valence electrons. The van der Waals surface area contributed by atoms with Gasteiger partial charge >= 0.3 is 0 Å². The Morgan fingerprint density at radius 2 is 1.90 bits per heavy atom. The van der Waals surface area contributed by atoms with Crippen LogP contribution < -0.4 is 5.73 Å². The Hall–Kier alpha value is -0.900. The van der Waals surface area contributed by atoms with Gasteiger partial charge in [-0.05, 0) is 63.8 Å². The van der Waals surface area contributed by atoms with Gasteiger partial charge in [-0.1, -0.05) is 30.3 Å². The van der Waals surface area contributed by atoms with Crippen LogP contribution in [0.5, 0.6) is 0 Å². The van der Waals surface area contributed by atoms with Crippen LogP contribution in [0, 0.1) is 0 Å². The second-order valence-corrected chi connectivity index (χ2v) is 6.65. The van der Waals surface area contributed by atoms with Crippen LogP contribution in [0.2, 0.25) is 0 Å². The van der Waals surface area contributed by atoms with Crippen molar-refractivity contribution >= 4 is 0 Å². The van der Waals surface area contributed by atoms with Gasteiger partial charge < -0.3 is 10.6 Å². The number of rotatable bonds is 5. The number of hydrogen-bond acceptors (Lipinski definition) is 3. The zero-order valence-electron chi connectivity index (χ0n) is 13.1. The summed E-state index contributed by atoms with van der Waals surface area (Å²) in [5.41, 5.74) is 7.57. The predicted octanol–water partition coefficient (Wildman–Crippen LogP) is 2.64. The zero-order chi connectivity index (χ0) is 14.5. The molecule has 2 saturated heterocycles. The molecular formula is C18H29N3. The van der Waals surface area contributed by atoms with Gasteiger partial charge in [0.2, 0.25) is 0 Å². The summed E-state index contributed by atoms with van der Waals surface area (Å²) < 4.78 is 0. The lowest BCUT2D eigenvalue weighted by Gasteiger charge is -2.25. The summed E-state index contributed by atoms with van der Waals surface area (Å²) in [6, 6.07) is 11.5. The number of fused-ring (bicyclic) bond motifs is 1. The highest BCUT2D eigenvalue weighted by Crippen LogP contribution is 2.22. The Labute approximate surface area is 129 Å². The summed E-state index contributed by atoms with van der Waals surface area (Å²) in [6.07, 6.45) is 6.44. The molecule has 2 unspecified atom stereocenters. The third-order valence-electron chi connectivity index (χ3n) is 5.10. The van der Waals surface area contributed by atoms with Gasteiger partial charge in [0.05, 0.1) is 0 Å².